The highest BCUT2D eigenvalue weighted by Gasteiger charge is 2.36. The van der Waals surface area contributed by atoms with Crippen LogP contribution in [0.2, 0.25) is 0 Å². The van der Waals surface area contributed by atoms with Crippen molar-refractivity contribution in [3.8, 4) is 5.75 Å². The number of fused-ring (bicyclic) bond motifs is 1. The summed E-state index contributed by atoms with van der Waals surface area (Å²) in [6.07, 6.45) is 8.08. The van der Waals surface area contributed by atoms with E-state index in [2.05, 4.69) is 39.6 Å². The number of carbonyl (C=O) groups is 2. The molecule has 11 nitrogen and oxygen atoms in total. The highest BCUT2D eigenvalue weighted by Crippen LogP contribution is 2.42. The molecule has 4 rings (SSSR count). The van der Waals surface area contributed by atoms with Gasteiger partial charge in [-0.05, 0) is 57.9 Å². The van der Waals surface area contributed by atoms with Crippen LogP contribution in [-0.2, 0) is 16.1 Å². The lowest BCUT2D eigenvalue weighted by Gasteiger charge is -2.39. The number of carbonyl (C=O) groups excluding carboxylic acids is 2. The number of nitrogens with one attached hydrogen (secondary N) is 2. The van der Waals surface area contributed by atoms with Crippen molar-refractivity contribution >= 4 is 30.7 Å². The Balaban J connectivity index is 1.47. The van der Waals surface area contributed by atoms with Gasteiger partial charge in [0.25, 0.3) is 0 Å². The van der Waals surface area contributed by atoms with Crippen LogP contribution >= 0.6 is 0 Å². The number of aliphatic imine (C=N–C) groups is 2. The molecule has 2 aromatic heterocycles. The monoisotopic (exact) mass is 495 g/mol. The Morgan fingerprint density at radius 3 is 2.67 bits per heavy atom. The average molecular weight is 496 g/mol. The van der Waals surface area contributed by atoms with Crippen LogP contribution in [0, 0.1) is 0 Å². The Kier molecular flexibility index (Phi) is 7.27. The lowest BCUT2D eigenvalue weighted by molar-refractivity contribution is -0.108. The summed E-state index contributed by atoms with van der Waals surface area (Å²) in [6, 6.07) is 2.07. The number of pyridine rings is 1. The maximum atomic E-state index is 12.3. The molecule has 1 saturated heterocycles. The largest absolute Gasteiger partial charge is 0.483 e. The first-order chi connectivity index (χ1) is 17.2. The smallest absolute Gasteiger partial charge is 0.410 e. The van der Waals surface area contributed by atoms with Crippen molar-refractivity contribution in [2.24, 2.45) is 9.98 Å². The summed E-state index contributed by atoms with van der Waals surface area (Å²) < 4.78 is 13.7. The van der Waals surface area contributed by atoms with Crippen LogP contribution < -0.4 is 15.4 Å². The summed E-state index contributed by atoms with van der Waals surface area (Å²) in [4.78, 5) is 37.3. The number of likely N-dealkylation sites (tertiary alicyclic amines) is 1. The molecule has 1 aliphatic heterocycles. The first-order valence-corrected chi connectivity index (χ1v) is 11.9. The molecule has 2 aromatic rings. The van der Waals surface area contributed by atoms with Crippen LogP contribution in [0.1, 0.15) is 50.8 Å². The van der Waals surface area contributed by atoms with E-state index in [-0.39, 0.29) is 12.2 Å². The second-order valence-corrected chi connectivity index (χ2v) is 9.91. The van der Waals surface area contributed by atoms with Gasteiger partial charge < -0.3 is 29.4 Å². The van der Waals surface area contributed by atoms with Gasteiger partial charge in [0, 0.05) is 25.5 Å². The van der Waals surface area contributed by atoms with E-state index in [1.54, 1.807) is 18.0 Å². The van der Waals surface area contributed by atoms with Crippen LogP contribution in [0.25, 0.3) is 5.65 Å². The van der Waals surface area contributed by atoms with Gasteiger partial charge in [0.15, 0.2) is 11.4 Å². The minimum Gasteiger partial charge on any atom is -0.483 e. The number of hydrogen-bond donors (Lipinski definition) is 2. The molecule has 2 amide bonds. The van der Waals surface area contributed by atoms with Gasteiger partial charge in [-0.25, -0.2) is 14.8 Å². The van der Waals surface area contributed by atoms with Crippen LogP contribution in [0.3, 0.4) is 0 Å². The summed E-state index contributed by atoms with van der Waals surface area (Å²) in [5.41, 5.74) is 2.18. The van der Waals surface area contributed by atoms with Gasteiger partial charge >= 0.3 is 6.09 Å². The number of nitrogens with zero attached hydrogens (tertiary/aromatic N) is 5. The molecule has 0 unspecified atom stereocenters. The Morgan fingerprint density at radius 2 is 2.06 bits per heavy atom. The molecule has 2 fully saturated rings. The summed E-state index contributed by atoms with van der Waals surface area (Å²) in [6.45, 7) is 10.5. The summed E-state index contributed by atoms with van der Waals surface area (Å²) in [5, 5.41) is 5.65. The third-order valence-electron chi connectivity index (χ3n) is 5.77. The van der Waals surface area contributed by atoms with E-state index < -0.39 is 5.60 Å². The van der Waals surface area contributed by atoms with Crippen molar-refractivity contribution in [1.82, 2.24) is 24.9 Å². The maximum Gasteiger partial charge on any atom is 0.410 e. The highest BCUT2D eigenvalue weighted by atomic mass is 16.6. The SMILES string of the molecule is C=N/C(=C\C(=NC)NC=O)NCc1cn2cc(C3CC3)cc(OC3CN(C(=O)OC(C)(C)C)C3)c2n1. The number of hydrogen-bond acceptors (Lipinski definition) is 8. The van der Waals surface area contributed by atoms with E-state index in [9.17, 15) is 9.59 Å². The predicted octanol–water partition coefficient (Wildman–Crippen LogP) is 2.62. The van der Waals surface area contributed by atoms with Gasteiger partial charge in [0.2, 0.25) is 6.41 Å². The molecule has 0 spiro atoms. The van der Waals surface area contributed by atoms with Crippen molar-refractivity contribution in [3.05, 3.63) is 41.6 Å². The molecule has 192 valence electrons. The Hall–Kier alpha value is -3.89. The number of imidazole rings is 1. The Morgan fingerprint density at radius 1 is 1.31 bits per heavy atom. The standard InChI is InChI=1S/C25H33N7O4/c1-25(2,3)36-24(34)32-13-19(14-32)35-20-8-17(16-6-7-16)11-31-12-18(30-23(20)31)10-28-21(26-4)9-22(27-5)29-15-33/h8-9,11-12,15-16,19,28H,4,6-7,10,13-14H2,1-3,5H3,(H,27,29,33)/b21-9+. The third kappa shape index (κ3) is 6.21. The molecule has 3 heterocycles. The van der Waals surface area contributed by atoms with E-state index in [1.165, 1.54) is 18.4 Å². The van der Waals surface area contributed by atoms with E-state index >= 15 is 0 Å². The minimum atomic E-state index is -0.528. The quantitative estimate of drug-likeness (QED) is 0.313. The molecule has 0 bridgehead atoms. The molecule has 0 aromatic carbocycles. The molecule has 2 N–H and O–H groups in total. The zero-order chi connectivity index (χ0) is 25.9. The molecule has 1 aliphatic carbocycles. The van der Waals surface area contributed by atoms with Crippen molar-refractivity contribution in [3.63, 3.8) is 0 Å². The van der Waals surface area contributed by atoms with Crippen molar-refractivity contribution in [2.45, 2.75) is 57.8 Å². The molecule has 0 atom stereocenters. The Labute approximate surface area is 210 Å². The maximum absolute atomic E-state index is 12.3. The number of aromatic nitrogens is 2. The van der Waals surface area contributed by atoms with Gasteiger partial charge in [0.1, 0.15) is 23.4 Å². The van der Waals surface area contributed by atoms with Crippen LogP contribution in [-0.4, -0.2) is 71.2 Å². The second kappa shape index (κ2) is 10.4. The molecular weight excluding hydrogens is 462 g/mol. The fourth-order valence-corrected chi connectivity index (χ4v) is 3.81. The fourth-order valence-electron chi connectivity index (χ4n) is 3.81. The summed E-state index contributed by atoms with van der Waals surface area (Å²) in [5.74, 6) is 2.05. The zero-order valence-corrected chi connectivity index (χ0v) is 21.2. The molecule has 0 radical (unpaired) electrons. The van der Waals surface area contributed by atoms with Crippen molar-refractivity contribution < 1.29 is 19.1 Å². The van der Waals surface area contributed by atoms with Gasteiger partial charge in [-0.3, -0.25) is 9.79 Å². The lowest BCUT2D eigenvalue weighted by Crippen LogP contribution is -2.57. The highest BCUT2D eigenvalue weighted by molar-refractivity contribution is 5.99. The van der Waals surface area contributed by atoms with Crippen LogP contribution in [0.5, 0.6) is 5.75 Å². The van der Waals surface area contributed by atoms with Crippen LogP contribution in [0.4, 0.5) is 4.79 Å². The lowest BCUT2D eigenvalue weighted by atomic mass is 10.1. The first-order valence-electron chi connectivity index (χ1n) is 11.9. The van der Waals surface area contributed by atoms with Gasteiger partial charge in [-0.15, -0.1) is 0 Å². The normalized spacial score (nSPS) is 16.9. The molecule has 2 aliphatic rings. The fraction of sp³-hybridized carbons (Fsp3) is 0.480. The molecular formula is C25H33N7O4. The number of ether oxygens (including phenoxy) is 2. The first kappa shape index (κ1) is 25.2. The van der Waals surface area contributed by atoms with E-state index in [0.717, 1.165) is 5.69 Å². The summed E-state index contributed by atoms with van der Waals surface area (Å²) in [7, 11) is 1.57. The average Bonchev–Trinajstić information content (AvgIpc) is 3.56. The number of rotatable bonds is 9. The number of amidine groups is 1. The minimum absolute atomic E-state index is 0.120. The molecule has 11 heteroatoms. The van der Waals surface area contributed by atoms with E-state index in [0.29, 0.717) is 55.0 Å². The van der Waals surface area contributed by atoms with Crippen molar-refractivity contribution in [2.75, 3.05) is 20.1 Å². The van der Waals surface area contributed by atoms with E-state index in [4.69, 9.17) is 14.5 Å². The zero-order valence-electron chi connectivity index (χ0n) is 21.2. The van der Waals surface area contributed by atoms with Crippen LogP contribution in [0.15, 0.2) is 40.3 Å². The molecule has 1 saturated carbocycles. The van der Waals surface area contributed by atoms with Gasteiger partial charge in [-0.1, -0.05) is 0 Å². The second-order valence-electron chi connectivity index (χ2n) is 9.91. The van der Waals surface area contributed by atoms with E-state index in [1.807, 2.05) is 31.4 Å². The third-order valence-corrected chi connectivity index (χ3v) is 5.77. The van der Waals surface area contributed by atoms with Crippen molar-refractivity contribution in [1.29, 1.82) is 0 Å². The van der Waals surface area contributed by atoms with Gasteiger partial charge in [0.05, 0.1) is 25.3 Å². The number of amides is 2. The predicted molar refractivity (Wildman–Crippen MR) is 136 cm³/mol. The molecule has 36 heavy (non-hydrogen) atoms. The Bertz CT molecular complexity index is 1200. The summed E-state index contributed by atoms with van der Waals surface area (Å²) >= 11 is 0. The topological polar surface area (TPSA) is 122 Å². The van der Waals surface area contributed by atoms with Gasteiger partial charge in [-0.2, -0.15) is 0 Å².